The highest BCUT2D eigenvalue weighted by molar-refractivity contribution is 7.16. The van der Waals surface area contributed by atoms with E-state index in [0.29, 0.717) is 16.1 Å². The van der Waals surface area contributed by atoms with E-state index in [-0.39, 0.29) is 11.9 Å². The van der Waals surface area contributed by atoms with E-state index < -0.39 is 0 Å². The first-order valence-corrected chi connectivity index (χ1v) is 5.70. The van der Waals surface area contributed by atoms with E-state index in [2.05, 4.69) is 29.4 Å². The molecule has 0 radical (unpaired) electrons. The Hall–Kier alpha value is -1.17. The second-order valence-corrected chi connectivity index (χ2v) is 4.96. The highest BCUT2D eigenvalue weighted by atomic mass is 32.1. The highest BCUT2D eigenvalue weighted by Gasteiger charge is 2.14. The molecule has 0 saturated heterocycles. The van der Waals surface area contributed by atoms with E-state index in [1.165, 1.54) is 0 Å². The van der Waals surface area contributed by atoms with Gasteiger partial charge < -0.3 is 11.1 Å². The molecular weight excluding hydrogens is 212 g/mol. The van der Waals surface area contributed by atoms with Gasteiger partial charge in [-0.2, -0.15) is 0 Å². The number of nitrogens with one attached hydrogen (secondary N) is 1. The van der Waals surface area contributed by atoms with Crippen LogP contribution in [-0.4, -0.2) is 22.1 Å². The average Bonchev–Trinajstić information content (AvgIpc) is 2.49. The zero-order valence-corrected chi connectivity index (χ0v) is 9.97. The van der Waals surface area contributed by atoms with Gasteiger partial charge in [-0.15, -0.1) is 10.2 Å². The van der Waals surface area contributed by atoms with Crippen LogP contribution in [0.15, 0.2) is 0 Å². The number of nitrogens with zero attached hydrogens (tertiary/aromatic N) is 2. The lowest BCUT2D eigenvalue weighted by Crippen LogP contribution is -2.33. The lowest BCUT2D eigenvalue weighted by atomic mass is 10.1. The van der Waals surface area contributed by atoms with Crippen molar-refractivity contribution < 1.29 is 4.79 Å². The van der Waals surface area contributed by atoms with Gasteiger partial charge in [0.2, 0.25) is 10.1 Å². The molecule has 0 aliphatic heterocycles. The number of amides is 1. The van der Waals surface area contributed by atoms with Gasteiger partial charge in [0.05, 0.1) is 0 Å². The van der Waals surface area contributed by atoms with Crippen LogP contribution in [0.5, 0.6) is 0 Å². The number of nitrogen functional groups attached to an aromatic ring is 1. The molecule has 3 N–H and O–H groups in total. The Kier molecular flexibility index (Phi) is 4.02. The normalized spacial score (nSPS) is 12.8. The maximum absolute atomic E-state index is 11.6. The fourth-order valence-corrected chi connectivity index (χ4v) is 1.89. The summed E-state index contributed by atoms with van der Waals surface area (Å²) in [5, 5.41) is 10.8. The van der Waals surface area contributed by atoms with E-state index in [1.807, 2.05) is 6.92 Å². The van der Waals surface area contributed by atoms with Crippen LogP contribution in [0.2, 0.25) is 0 Å². The third kappa shape index (κ3) is 3.83. The monoisotopic (exact) mass is 228 g/mol. The Labute approximate surface area is 93.1 Å². The Balaban J connectivity index is 2.49. The molecule has 1 rings (SSSR count). The molecule has 0 spiro atoms. The highest BCUT2D eigenvalue weighted by Crippen LogP contribution is 2.11. The molecule has 0 aliphatic carbocycles. The van der Waals surface area contributed by atoms with E-state index in [4.69, 9.17) is 5.73 Å². The quantitative estimate of drug-likeness (QED) is 0.813. The van der Waals surface area contributed by atoms with Crippen LogP contribution >= 0.6 is 11.3 Å². The van der Waals surface area contributed by atoms with Crippen LogP contribution < -0.4 is 11.1 Å². The van der Waals surface area contributed by atoms with Crippen molar-refractivity contribution in [3.8, 4) is 0 Å². The zero-order valence-electron chi connectivity index (χ0n) is 9.15. The fourth-order valence-electron chi connectivity index (χ4n) is 1.38. The summed E-state index contributed by atoms with van der Waals surface area (Å²) in [6.45, 7) is 6.21. The Bertz CT molecular complexity index is 337. The first kappa shape index (κ1) is 11.9. The summed E-state index contributed by atoms with van der Waals surface area (Å²) in [4.78, 5) is 11.6. The average molecular weight is 228 g/mol. The molecule has 84 valence electrons. The van der Waals surface area contributed by atoms with Crippen molar-refractivity contribution in [2.24, 2.45) is 5.92 Å². The van der Waals surface area contributed by atoms with Gasteiger partial charge in [0.15, 0.2) is 0 Å². The third-order valence-corrected chi connectivity index (χ3v) is 2.59. The minimum Gasteiger partial charge on any atom is -0.374 e. The van der Waals surface area contributed by atoms with Crippen molar-refractivity contribution in [3.05, 3.63) is 5.01 Å². The summed E-state index contributed by atoms with van der Waals surface area (Å²) in [5.74, 6) is 0.358. The van der Waals surface area contributed by atoms with Crippen molar-refractivity contribution in [1.29, 1.82) is 0 Å². The summed E-state index contributed by atoms with van der Waals surface area (Å²) < 4.78 is 0. The van der Waals surface area contributed by atoms with Crippen molar-refractivity contribution in [2.45, 2.75) is 33.2 Å². The minimum atomic E-state index is -0.197. The molecule has 0 fully saturated rings. The molecule has 1 atom stereocenters. The van der Waals surface area contributed by atoms with Gasteiger partial charge in [0.1, 0.15) is 0 Å². The van der Waals surface area contributed by atoms with E-state index in [0.717, 1.165) is 17.8 Å². The van der Waals surface area contributed by atoms with Gasteiger partial charge in [-0.05, 0) is 19.3 Å². The number of anilines is 1. The van der Waals surface area contributed by atoms with Crippen LogP contribution in [0.4, 0.5) is 5.13 Å². The zero-order chi connectivity index (χ0) is 11.4. The lowest BCUT2D eigenvalue weighted by molar-refractivity contribution is 0.0935. The van der Waals surface area contributed by atoms with Gasteiger partial charge in [0.25, 0.3) is 5.91 Å². The summed E-state index contributed by atoms with van der Waals surface area (Å²) in [7, 11) is 0. The first-order chi connectivity index (χ1) is 6.99. The topological polar surface area (TPSA) is 80.9 Å². The van der Waals surface area contributed by atoms with E-state index in [9.17, 15) is 4.79 Å². The second kappa shape index (κ2) is 5.06. The summed E-state index contributed by atoms with van der Waals surface area (Å²) in [5.41, 5.74) is 5.39. The molecule has 1 aromatic rings. The number of carbonyl (C=O) groups excluding carboxylic acids is 1. The molecule has 1 aromatic heterocycles. The van der Waals surface area contributed by atoms with Gasteiger partial charge in [-0.25, -0.2) is 0 Å². The number of carbonyl (C=O) groups is 1. The van der Waals surface area contributed by atoms with Crippen LogP contribution in [0, 0.1) is 5.92 Å². The van der Waals surface area contributed by atoms with Gasteiger partial charge in [0, 0.05) is 6.04 Å². The van der Waals surface area contributed by atoms with Gasteiger partial charge in [-0.1, -0.05) is 25.2 Å². The predicted octanol–water partition coefficient (Wildman–Crippen LogP) is 1.28. The standard InChI is InChI=1S/C9H16N4OS/c1-5(2)4-6(3)11-7(14)8-12-13-9(10)15-8/h5-6H,4H2,1-3H3,(H2,10,13)(H,11,14). The molecular formula is C9H16N4OS. The van der Waals surface area contributed by atoms with Crippen LogP contribution in [0.1, 0.15) is 37.0 Å². The van der Waals surface area contributed by atoms with Crippen molar-refractivity contribution in [1.82, 2.24) is 15.5 Å². The molecule has 0 saturated carbocycles. The van der Waals surface area contributed by atoms with Gasteiger partial charge >= 0.3 is 0 Å². The molecule has 1 heterocycles. The molecule has 15 heavy (non-hydrogen) atoms. The maximum atomic E-state index is 11.6. The summed E-state index contributed by atoms with van der Waals surface area (Å²) in [6, 6.07) is 0.141. The van der Waals surface area contributed by atoms with Crippen LogP contribution in [0.25, 0.3) is 0 Å². The Morgan fingerprint density at radius 3 is 2.60 bits per heavy atom. The summed E-state index contributed by atoms with van der Waals surface area (Å²) in [6.07, 6.45) is 0.944. The smallest absolute Gasteiger partial charge is 0.282 e. The molecule has 1 amide bonds. The van der Waals surface area contributed by atoms with Crippen LogP contribution in [-0.2, 0) is 0 Å². The number of hydrogen-bond donors (Lipinski definition) is 2. The lowest BCUT2D eigenvalue weighted by Gasteiger charge is -2.14. The minimum absolute atomic E-state index is 0.141. The number of hydrogen-bond acceptors (Lipinski definition) is 5. The molecule has 5 nitrogen and oxygen atoms in total. The third-order valence-electron chi connectivity index (χ3n) is 1.84. The van der Waals surface area contributed by atoms with Crippen molar-refractivity contribution in [3.63, 3.8) is 0 Å². The van der Waals surface area contributed by atoms with Crippen molar-refractivity contribution >= 4 is 22.4 Å². The van der Waals surface area contributed by atoms with Crippen LogP contribution in [0.3, 0.4) is 0 Å². The molecule has 0 aliphatic rings. The molecule has 0 bridgehead atoms. The van der Waals surface area contributed by atoms with Crippen molar-refractivity contribution in [2.75, 3.05) is 5.73 Å². The molecule has 0 aromatic carbocycles. The SMILES string of the molecule is CC(C)CC(C)NC(=O)c1nnc(N)s1. The molecule has 1 unspecified atom stereocenters. The van der Waals surface area contributed by atoms with E-state index in [1.54, 1.807) is 0 Å². The molecule has 6 heteroatoms. The number of nitrogens with two attached hydrogens (primary N) is 1. The largest absolute Gasteiger partial charge is 0.374 e. The number of rotatable bonds is 4. The van der Waals surface area contributed by atoms with E-state index >= 15 is 0 Å². The number of aromatic nitrogens is 2. The summed E-state index contributed by atoms with van der Waals surface area (Å²) >= 11 is 1.10. The second-order valence-electron chi connectivity index (χ2n) is 3.95. The Morgan fingerprint density at radius 2 is 2.13 bits per heavy atom. The maximum Gasteiger partial charge on any atom is 0.282 e. The fraction of sp³-hybridized carbons (Fsp3) is 0.667. The van der Waals surface area contributed by atoms with Gasteiger partial charge in [-0.3, -0.25) is 4.79 Å². The Morgan fingerprint density at radius 1 is 1.47 bits per heavy atom. The predicted molar refractivity (Wildman–Crippen MR) is 60.7 cm³/mol. The first-order valence-electron chi connectivity index (χ1n) is 4.89.